The summed E-state index contributed by atoms with van der Waals surface area (Å²) in [4.78, 5) is 4.34. The average Bonchev–Trinajstić information content (AvgIpc) is 3.23. The van der Waals surface area contributed by atoms with Crippen LogP contribution in [-0.2, 0) is 13.2 Å². The molecule has 1 heterocycles. The van der Waals surface area contributed by atoms with Crippen molar-refractivity contribution < 1.29 is 9.47 Å². The number of hydrogen-bond acceptors (Lipinski definition) is 6. The number of rotatable bonds is 9. The van der Waals surface area contributed by atoms with E-state index >= 15 is 0 Å². The Balaban J connectivity index is 1.48. The smallest absolute Gasteiger partial charge is 0.203 e. The zero-order chi connectivity index (χ0) is 21.3. The maximum absolute atomic E-state index is 6.10. The number of anilines is 1. The molecule has 0 saturated carbocycles. The highest BCUT2D eigenvalue weighted by Crippen LogP contribution is 2.30. The minimum Gasteiger partial charge on any atom is -0.485 e. The zero-order valence-electron chi connectivity index (χ0n) is 17.2. The second kappa shape index (κ2) is 10.4. The molecule has 0 aliphatic heterocycles. The van der Waals surface area contributed by atoms with Crippen LogP contribution in [0.5, 0.6) is 11.5 Å². The van der Waals surface area contributed by atoms with Crippen LogP contribution in [0, 0.1) is 6.92 Å². The van der Waals surface area contributed by atoms with Gasteiger partial charge in [-0.05, 0) is 41.8 Å². The SMILES string of the molecule is Cc1csc(NN=Cc2ccc(OCc3ccccc3)c(OCc3ccccc3)c2)n1. The second-order valence-corrected chi connectivity index (χ2v) is 7.78. The van der Waals surface area contributed by atoms with Gasteiger partial charge >= 0.3 is 0 Å². The number of hydrogen-bond donors (Lipinski definition) is 1. The van der Waals surface area contributed by atoms with Crippen LogP contribution in [0.1, 0.15) is 22.4 Å². The number of ether oxygens (including phenoxy) is 2. The molecule has 0 fully saturated rings. The second-order valence-electron chi connectivity index (χ2n) is 6.92. The fourth-order valence-corrected chi connectivity index (χ4v) is 3.51. The summed E-state index contributed by atoms with van der Waals surface area (Å²) in [6.45, 7) is 2.89. The van der Waals surface area contributed by atoms with Gasteiger partial charge in [-0.3, -0.25) is 5.43 Å². The Kier molecular flexibility index (Phi) is 6.92. The first kappa shape index (κ1) is 20.6. The number of aryl methyl sites for hydroxylation is 1. The van der Waals surface area contributed by atoms with Gasteiger partial charge in [-0.2, -0.15) is 5.10 Å². The summed E-state index contributed by atoms with van der Waals surface area (Å²) >= 11 is 1.52. The lowest BCUT2D eigenvalue weighted by Crippen LogP contribution is -2.01. The monoisotopic (exact) mass is 429 g/mol. The lowest BCUT2D eigenvalue weighted by molar-refractivity contribution is 0.256. The third-order valence-corrected chi connectivity index (χ3v) is 5.30. The molecule has 1 aromatic heterocycles. The minimum absolute atomic E-state index is 0.458. The first-order valence-corrected chi connectivity index (χ1v) is 10.8. The van der Waals surface area contributed by atoms with Crippen molar-refractivity contribution in [1.29, 1.82) is 0 Å². The van der Waals surface area contributed by atoms with Crippen LogP contribution in [0.4, 0.5) is 5.13 Å². The van der Waals surface area contributed by atoms with Crippen LogP contribution < -0.4 is 14.9 Å². The van der Waals surface area contributed by atoms with Gasteiger partial charge in [-0.15, -0.1) is 11.3 Å². The molecule has 0 spiro atoms. The Bertz CT molecular complexity index is 1130. The predicted octanol–water partition coefficient (Wildman–Crippen LogP) is 6.06. The van der Waals surface area contributed by atoms with Crippen LogP contribution in [0.25, 0.3) is 0 Å². The highest BCUT2D eigenvalue weighted by molar-refractivity contribution is 7.13. The van der Waals surface area contributed by atoms with E-state index in [-0.39, 0.29) is 0 Å². The van der Waals surface area contributed by atoms with Gasteiger partial charge in [0.1, 0.15) is 13.2 Å². The minimum atomic E-state index is 0.458. The molecule has 6 heteroatoms. The van der Waals surface area contributed by atoms with Gasteiger partial charge in [0.25, 0.3) is 0 Å². The molecule has 0 aliphatic carbocycles. The van der Waals surface area contributed by atoms with Gasteiger partial charge in [0.05, 0.1) is 11.9 Å². The molecule has 4 rings (SSSR count). The van der Waals surface area contributed by atoms with E-state index in [4.69, 9.17) is 9.47 Å². The van der Waals surface area contributed by atoms with E-state index in [1.807, 2.05) is 91.2 Å². The molecular weight excluding hydrogens is 406 g/mol. The fourth-order valence-electron chi connectivity index (χ4n) is 2.87. The molecule has 4 aromatic rings. The molecule has 0 saturated heterocycles. The Labute approximate surface area is 186 Å². The normalized spacial score (nSPS) is 10.9. The van der Waals surface area contributed by atoms with E-state index in [0.29, 0.717) is 24.7 Å². The van der Waals surface area contributed by atoms with Gasteiger partial charge in [0.15, 0.2) is 11.5 Å². The molecule has 0 bridgehead atoms. The standard InChI is InChI=1S/C25H23N3O2S/c1-19-18-31-25(27-19)28-26-15-22-12-13-23(29-16-20-8-4-2-5-9-20)24(14-22)30-17-21-10-6-3-7-11-21/h2-15,18H,16-17H2,1H3,(H,27,28). The third kappa shape index (κ3) is 6.17. The summed E-state index contributed by atoms with van der Waals surface area (Å²) in [5, 5.41) is 7.02. The van der Waals surface area contributed by atoms with Gasteiger partial charge in [0.2, 0.25) is 5.13 Å². The van der Waals surface area contributed by atoms with E-state index in [2.05, 4.69) is 15.5 Å². The van der Waals surface area contributed by atoms with Crippen LogP contribution >= 0.6 is 11.3 Å². The maximum Gasteiger partial charge on any atom is 0.203 e. The van der Waals surface area contributed by atoms with E-state index in [1.54, 1.807) is 6.21 Å². The molecule has 156 valence electrons. The molecule has 3 aromatic carbocycles. The lowest BCUT2D eigenvalue weighted by atomic mass is 10.2. The van der Waals surface area contributed by atoms with Crippen molar-refractivity contribution in [3.8, 4) is 11.5 Å². The molecule has 0 amide bonds. The van der Waals surface area contributed by atoms with Crippen LogP contribution in [0.2, 0.25) is 0 Å². The highest BCUT2D eigenvalue weighted by atomic mass is 32.1. The largest absolute Gasteiger partial charge is 0.485 e. The molecule has 0 atom stereocenters. The average molecular weight is 430 g/mol. The van der Waals surface area contributed by atoms with Gasteiger partial charge in [0, 0.05) is 5.38 Å². The summed E-state index contributed by atoms with van der Waals surface area (Å²) < 4.78 is 12.2. The third-order valence-electron chi connectivity index (χ3n) is 4.43. The number of nitrogens with zero attached hydrogens (tertiary/aromatic N) is 2. The molecule has 0 aliphatic rings. The molecule has 5 nitrogen and oxygen atoms in total. The maximum atomic E-state index is 6.10. The number of nitrogens with one attached hydrogen (secondary N) is 1. The fraction of sp³-hybridized carbons (Fsp3) is 0.120. The van der Waals surface area contributed by atoms with Gasteiger partial charge < -0.3 is 9.47 Å². The first-order valence-electron chi connectivity index (χ1n) is 9.95. The summed E-state index contributed by atoms with van der Waals surface area (Å²) in [7, 11) is 0. The number of benzene rings is 3. The number of thiazole rings is 1. The quantitative estimate of drug-likeness (QED) is 0.260. The number of hydrazone groups is 1. The lowest BCUT2D eigenvalue weighted by Gasteiger charge is -2.14. The van der Waals surface area contributed by atoms with Gasteiger partial charge in [-0.25, -0.2) is 4.98 Å². The Morgan fingerprint density at radius 3 is 2.13 bits per heavy atom. The molecule has 31 heavy (non-hydrogen) atoms. The van der Waals surface area contributed by atoms with E-state index in [9.17, 15) is 0 Å². The Morgan fingerprint density at radius 1 is 0.871 bits per heavy atom. The summed E-state index contributed by atoms with van der Waals surface area (Å²) in [5.41, 5.74) is 7.02. The van der Waals surface area contributed by atoms with E-state index < -0.39 is 0 Å². The topological polar surface area (TPSA) is 55.7 Å². The molecule has 1 N–H and O–H groups in total. The van der Waals surface area contributed by atoms with E-state index in [0.717, 1.165) is 27.5 Å². The van der Waals surface area contributed by atoms with Crippen LogP contribution in [0.3, 0.4) is 0 Å². The van der Waals surface area contributed by atoms with Crippen LogP contribution in [-0.4, -0.2) is 11.2 Å². The van der Waals surface area contributed by atoms with Crippen molar-refractivity contribution in [2.75, 3.05) is 5.43 Å². The van der Waals surface area contributed by atoms with Crippen molar-refractivity contribution >= 4 is 22.7 Å². The molecule has 0 unspecified atom stereocenters. The summed E-state index contributed by atoms with van der Waals surface area (Å²) in [6.07, 6.45) is 1.74. The predicted molar refractivity (Wildman–Crippen MR) is 126 cm³/mol. The molecular formula is C25H23N3O2S. The summed E-state index contributed by atoms with van der Waals surface area (Å²) in [5.74, 6) is 1.37. The van der Waals surface area contributed by atoms with Crippen molar-refractivity contribution in [1.82, 2.24) is 4.98 Å². The Morgan fingerprint density at radius 2 is 1.52 bits per heavy atom. The number of aromatic nitrogens is 1. The Hall–Kier alpha value is -3.64. The first-order chi connectivity index (χ1) is 15.3. The van der Waals surface area contributed by atoms with Crippen molar-refractivity contribution in [3.63, 3.8) is 0 Å². The van der Waals surface area contributed by atoms with Crippen molar-refractivity contribution in [2.24, 2.45) is 5.10 Å². The molecule has 0 radical (unpaired) electrons. The van der Waals surface area contributed by atoms with Gasteiger partial charge in [-0.1, -0.05) is 60.7 Å². The van der Waals surface area contributed by atoms with Crippen molar-refractivity contribution in [3.05, 3.63) is 107 Å². The van der Waals surface area contributed by atoms with Crippen molar-refractivity contribution in [2.45, 2.75) is 20.1 Å². The zero-order valence-corrected chi connectivity index (χ0v) is 18.0. The summed E-state index contributed by atoms with van der Waals surface area (Å²) in [6, 6.07) is 25.9. The van der Waals surface area contributed by atoms with Crippen LogP contribution in [0.15, 0.2) is 89.3 Å². The van der Waals surface area contributed by atoms with E-state index in [1.165, 1.54) is 11.3 Å². The highest BCUT2D eigenvalue weighted by Gasteiger charge is 2.08.